The lowest BCUT2D eigenvalue weighted by Gasteiger charge is -2.24. The molecule has 1 aliphatic rings. The molecule has 1 saturated carbocycles. The standard InChI is InChI=1S/C11H14F2N2/c12-8-5-7(6-9(14)10(8)13)11(15)3-1-2-4-11/h5-6H,1-4,14-15H2. The first-order valence-corrected chi connectivity index (χ1v) is 5.07. The van der Waals surface area contributed by atoms with Gasteiger partial charge in [-0.3, -0.25) is 0 Å². The number of hydrogen-bond acceptors (Lipinski definition) is 2. The lowest BCUT2D eigenvalue weighted by molar-refractivity contribution is 0.450. The van der Waals surface area contributed by atoms with Crippen LogP contribution in [-0.2, 0) is 5.54 Å². The van der Waals surface area contributed by atoms with Crippen LogP contribution in [0.2, 0.25) is 0 Å². The molecule has 15 heavy (non-hydrogen) atoms. The van der Waals surface area contributed by atoms with Crippen LogP contribution in [0.3, 0.4) is 0 Å². The van der Waals surface area contributed by atoms with Crippen LogP contribution >= 0.6 is 0 Å². The first-order chi connectivity index (χ1) is 7.03. The molecule has 1 aromatic rings. The zero-order valence-electron chi connectivity index (χ0n) is 8.39. The fourth-order valence-electron chi connectivity index (χ4n) is 2.19. The van der Waals surface area contributed by atoms with Crippen LogP contribution < -0.4 is 11.5 Å². The predicted octanol–water partition coefficient (Wildman–Crippen LogP) is 2.28. The van der Waals surface area contributed by atoms with Gasteiger partial charge in [0, 0.05) is 5.54 Å². The maximum Gasteiger partial charge on any atom is 0.181 e. The Morgan fingerprint density at radius 3 is 2.27 bits per heavy atom. The maximum absolute atomic E-state index is 13.2. The molecule has 0 unspecified atom stereocenters. The van der Waals surface area contributed by atoms with Gasteiger partial charge in [0.25, 0.3) is 0 Å². The number of rotatable bonds is 1. The molecule has 0 radical (unpaired) electrons. The zero-order valence-corrected chi connectivity index (χ0v) is 8.39. The van der Waals surface area contributed by atoms with Gasteiger partial charge < -0.3 is 11.5 Å². The van der Waals surface area contributed by atoms with Crippen LogP contribution in [0.25, 0.3) is 0 Å². The first-order valence-electron chi connectivity index (χ1n) is 5.07. The van der Waals surface area contributed by atoms with Gasteiger partial charge in [0.15, 0.2) is 11.6 Å². The average Bonchev–Trinajstić information content (AvgIpc) is 2.62. The summed E-state index contributed by atoms with van der Waals surface area (Å²) in [5.41, 5.74) is 11.4. The quantitative estimate of drug-likeness (QED) is 0.701. The highest BCUT2D eigenvalue weighted by Crippen LogP contribution is 2.37. The molecular weight excluding hydrogens is 198 g/mol. The van der Waals surface area contributed by atoms with Gasteiger partial charge in [-0.05, 0) is 30.5 Å². The summed E-state index contributed by atoms with van der Waals surface area (Å²) in [6.07, 6.45) is 3.65. The third-order valence-corrected chi connectivity index (χ3v) is 3.13. The van der Waals surface area contributed by atoms with Crippen molar-refractivity contribution in [1.29, 1.82) is 0 Å². The van der Waals surface area contributed by atoms with Crippen LogP contribution in [0, 0.1) is 11.6 Å². The number of benzene rings is 1. The average molecular weight is 212 g/mol. The lowest BCUT2D eigenvalue weighted by Crippen LogP contribution is -2.33. The van der Waals surface area contributed by atoms with Gasteiger partial charge >= 0.3 is 0 Å². The summed E-state index contributed by atoms with van der Waals surface area (Å²) in [6, 6.07) is 2.61. The van der Waals surface area contributed by atoms with E-state index in [1.54, 1.807) is 0 Å². The van der Waals surface area contributed by atoms with E-state index in [-0.39, 0.29) is 5.69 Å². The molecule has 4 heteroatoms. The molecule has 1 fully saturated rings. The van der Waals surface area contributed by atoms with Gasteiger partial charge in [0.2, 0.25) is 0 Å². The van der Waals surface area contributed by atoms with Crippen molar-refractivity contribution in [3.63, 3.8) is 0 Å². The number of hydrogen-bond donors (Lipinski definition) is 2. The summed E-state index contributed by atoms with van der Waals surface area (Å²) >= 11 is 0. The van der Waals surface area contributed by atoms with Crippen LogP contribution in [-0.4, -0.2) is 0 Å². The van der Waals surface area contributed by atoms with Gasteiger partial charge in [0.05, 0.1) is 5.69 Å². The summed E-state index contributed by atoms with van der Waals surface area (Å²) in [5, 5.41) is 0. The van der Waals surface area contributed by atoms with E-state index in [2.05, 4.69) is 0 Å². The van der Waals surface area contributed by atoms with E-state index in [9.17, 15) is 8.78 Å². The molecule has 0 bridgehead atoms. The van der Waals surface area contributed by atoms with E-state index in [0.29, 0.717) is 5.56 Å². The molecule has 4 N–H and O–H groups in total. The fourth-order valence-corrected chi connectivity index (χ4v) is 2.19. The Hall–Kier alpha value is -1.16. The van der Waals surface area contributed by atoms with Gasteiger partial charge in [-0.25, -0.2) is 8.78 Å². The highest BCUT2D eigenvalue weighted by atomic mass is 19.2. The van der Waals surface area contributed by atoms with Gasteiger partial charge in [-0.1, -0.05) is 12.8 Å². The minimum Gasteiger partial charge on any atom is -0.396 e. The van der Waals surface area contributed by atoms with Crippen molar-refractivity contribution in [3.05, 3.63) is 29.3 Å². The van der Waals surface area contributed by atoms with E-state index in [1.807, 2.05) is 0 Å². The fraction of sp³-hybridized carbons (Fsp3) is 0.455. The van der Waals surface area contributed by atoms with Gasteiger partial charge in [0.1, 0.15) is 0 Å². The molecular formula is C11H14F2N2. The van der Waals surface area contributed by atoms with Crippen LogP contribution in [0.15, 0.2) is 12.1 Å². The van der Waals surface area contributed by atoms with Crippen LogP contribution in [0.4, 0.5) is 14.5 Å². The molecule has 0 heterocycles. The second-order valence-corrected chi connectivity index (χ2v) is 4.22. The third-order valence-electron chi connectivity index (χ3n) is 3.13. The highest BCUT2D eigenvalue weighted by Gasteiger charge is 2.32. The van der Waals surface area contributed by atoms with E-state index in [4.69, 9.17) is 11.5 Å². The molecule has 0 spiro atoms. The Kier molecular flexibility index (Phi) is 2.38. The van der Waals surface area contributed by atoms with E-state index < -0.39 is 17.2 Å². The molecule has 1 aromatic carbocycles. The van der Waals surface area contributed by atoms with Crippen LogP contribution in [0.5, 0.6) is 0 Å². The van der Waals surface area contributed by atoms with Crippen molar-refractivity contribution >= 4 is 5.69 Å². The van der Waals surface area contributed by atoms with E-state index >= 15 is 0 Å². The second-order valence-electron chi connectivity index (χ2n) is 4.22. The van der Waals surface area contributed by atoms with Crippen molar-refractivity contribution in [1.82, 2.24) is 0 Å². The van der Waals surface area contributed by atoms with Crippen molar-refractivity contribution in [2.45, 2.75) is 31.2 Å². The number of halogens is 2. The van der Waals surface area contributed by atoms with E-state index in [1.165, 1.54) is 6.07 Å². The second kappa shape index (κ2) is 3.45. The third kappa shape index (κ3) is 1.69. The Morgan fingerprint density at radius 2 is 1.73 bits per heavy atom. The molecule has 2 nitrogen and oxygen atoms in total. The normalized spacial score (nSPS) is 19.4. The topological polar surface area (TPSA) is 52.0 Å². The first kappa shape index (κ1) is 10.4. The number of anilines is 1. The highest BCUT2D eigenvalue weighted by molar-refractivity contribution is 5.45. The summed E-state index contributed by atoms with van der Waals surface area (Å²) in [4.78, 5) is 0. The predicted molar refractivity (Wildman–Crippen MR) is 55.1 cm³/mol. The Labute approximate surface area is 87.3 Å². The largest absolute Gasteiger partial charge is 0.396 e. The van der Waals surface area contributed by atoms with Crippen molar-refractivity contribution in [3.8, 4) is 0 Å². The molecule has 0 aromatic heterocycles. The van der Waals surface area contributed by atoms with E-state index in [0.717, 1.165) is 31.7 Å². The summed E-state index contributed by atoms with van der Waals surface area (Å²) in [7, 11) is 0. The smallest absolute Gasteiger partial charge is 0.181 e. The lowest BCUT2D eigenvalue weighted by atomic mass is 9.89. The Balaban J connectivity index is 2.45. The molecule has 0 aliphatic heterocycles. The Morgan fingerprint density at radius 1 is 1.13 bits per heavy atom. The molecule has 0 atom stereocenters. The maximum atomic E-state index is 13.2. The SMILES string of the molecule is Nc1cc(C2(N)CCCC2)cc(F)c1F. The summed E-state index contributed by atoms with van der Waals surface area (Å²) in [6.45, 7) is 0. The summed E-state index contributed by atoms with van der Waals surface area (Å²) < 4.78 is 26.1. The minimum absolute atomic E-state index is 0.165. The molecule has 1 aliphatic carbocycles. The Bertz CT molecular complexity index is 361. The van der Waals surface area contributed by atoms with Gasteiger partial charge in [-0.15, -0.1) is 0 Å². The number of nitrogens with two attached hydrogens (primary N) is 2. The van der Waals surface area contributed by atoms with Crippen molar-refractivity contribution in [2.75, 3.05) is 5.73 Å². The minimum atomic E-state index is -0.986. The molecule has 0 amide bonds. The molecule has 0 saturated heterocycles. The monoisotopic (exact) mass is 212 g/mol. The van der Waals surface area contributed by atoms with Gasteiger partial charge in [-0.2, -0.15) is 0 Å². The zero-order chi connectivity index (χ0) is 11.1. The number of nitrogen functional groups attached to an aromatic ring is 1. The van der Waals surface area contributed by atoms with Crippen molar-refractivity contribution in [2.24, 2.45) is 5.73 Å². The molecule has 82 valence electrons. The van der Waals surface area contributed by atoms with Crippen molar-refractivity contribution < 1.29 is 8.78 Å². The van der Waals surface area contributed by atoms with Crippen LogP contribution in [0.1, 0.15) is 31.2 Å². The molecule has 2 rings (SSSR count). The summed E-state index contributed by atoms with van der Waals surface area (Å²) in [5.74, 6) is -1.90.